The lowest BCUT2D eigenvalue weighted by molar-refractivity contribution is -0.123. The van der Waals surface area contributed by atoms with Crippen LogP contribution >= 0.6 is 0 Å². The maximum Gasteiger partial charge on any atom is 0.234 e. The molecule has 0 radical (unpaired) electrons. The lowest BCUT2D eigenvalue weighted by Crippen LogP contribution is -2.50. The summed E-state index contributed by atoms with van der Waals surface area (Å²) in [7, 11) is 0. The largest absolute Gasteiger partial charge is 0.348 e. The van der Waals surface area contributed by atoms with E-state index in [9.17, 15) is 13.6 Å². The second kappa shape index (κ2) is 10.7. The van der Waals surface area contributed by atoms with Gasteiger partial charge in [-0.15, -0.1) is 0 Å². The number of aryl methyl sites for hydroxylation is 1. The van der Waals surface area contributed by atoms with Crippen LogP contribution in [0.4, 0.5) is 8.78 Å². The Morgan fingerprint density at radius 3 is 2.09 bits per heavy atom. The molecule has 1 aliphatic heterocycles. The topological polar surface area (TPSA) is 35.6 Å². The molecule has 5 rings (SSSR count). The SMILES string of the molecule is O=C(CN1CCN(C(c2ccc(F)cc2)c2ccc(F)cc2)CC1)N[C@@H]1CCCc2ccccc21. The van der Waals surface area contributed by atoms with E-state index in [0.29, 0.717) is 6.54 Å². The summed E-state index contributed by atoms with van der Waals surface area (Å²) in [4.78, 5) is 17.4. The van der Waals surface area contributed by atoms with E-state index in [1.54, 1.807) is 24.3 Å². The Morgan fingerprint density at radius 1 is 0.857 bits per heavy atom. The Hall–Kier alpha value is -3.09. The molecule has 1 heterocycles. The maximum absolute atomic E-state index is 13.6. The van der Waals surface area contributed by atoms with Crippen molar-refractivity contribution in [2.24, 2.45) is 0 Å². The fourth-order valence-electron chi connectivity index (χ4n) is 5.43. The number of nitrogens with one attached hydrogen (secondary N) is 1. The molecule has 0 saturated carbocycles. The van der Waals surface area contributed by atoms with Crippen LogP contribution in [-0.2, 0) is 11.2 Å². The van der Waals surface area contributed by atoms with Gasteiger partial charge in [0.15, 0.2) is 0 Å². The molecule has 1 atom stereocenters. The molecule has 6 heteroatoms. The van der Waals surface area contributed by atoms with Crippen molar-refractivity contribution in [2.45, 2.75) is 31.3 Å². The summed E-state index contributed by atoms with van der Waals surface area (Å²) < 4.78 is 27.1. The molecule has 0 bridgehead atoms. The van der Waals surface area contributed by atoms with Gasteiger partial charge in [0.1, 0.15) is 11.6 Å². The van der Waals surface area contributed by atoms with E-state index >= 15 is 0 Å². The van der Waals surface area contributed by atoms with Crippen LogP contribution in [0.3, 0.4) is 0 Å². The van der Waals surface area contributed by atoms with Crippen molar-refractivity contribution in [1.82, 2.24) is 15.1 Å². The molecule has 1 fully saturated rings. The third-order valence-corrected chi connectivity index (χ3v) is 7.22. The van der Waals surface area contributed by atoms with Crippen LogP contribution in [-0.4, -0.2) is 48.4 Å². The molecule has 0 aromatic heterocycles. The normalized spacial score (nSPS) is 18.9. The number of amides is 1. The number of nitrogens with zero attached hydrogens (tertiary/aromatic N) is 2. The number of hydrogen-bond acceptors (Lipinski definition) is 3. The zero-order chi connectivity index (χ0) is 24.2. The molecule has 4 nitrogen and oxygen atoms in total. The number of halogens is 2. The summed E-state index contributed by atoms with van der Waals surface area (Å²) >= 11 is 0. The maximum atomic E-state index is 13.6. The van der Waals surface area contributed by atoms with E-state index < -0.39 is 0 Å². The van der Waals surface area contributed by atoms with Gasteiger partial charge in [-0.2, -0.15) is 0 Å². The predicted octanol–water partition coefficient (Wildman–Crippen LogP) is 4.87. The molecule has 0 spiro atoms. The summed E-state index contributed by atoms with van der Waals surface area (Å²) in [5, 5.41) is 3.25. The van der Waals surface area contributed by atoms with Crippen LogP contribution in [0.5, 0.6) is 0 Å². The highest BCUT2D eigenvalue weighted by Gasteiger charge is 2.28. The summed E-state index contributed by atoms with van der Waals surface area (Å²) in [5.41, 5.74) is 4.53. The lowest BCUT2D eigenvalue weighted by atomic mass is 9.88. The van der Waals surface area contributed by atoms with Gasteiger partial charge in [-0.1, -0.05) is 48.5 Å². The number of hydrogen-bond donors (Lipinski definition) is 1. The summed E-state index contributed by atoms with van der Waals surface area (Å²) in [6, 6.07) is 21.5. The number of rotatable bonds is 6. The third kappa shape index (κ3) is 5.60. The summed E-state index contributed by atoms with van der Waals surface area (Å²) in [6.07, 6.45) is 3.15. The standard InChI is InChI=1S/C29H31F2N3O/c30-24-12-8-22(9-13-24)29(23-10-14-25(31)15-11-23)34-18-16-33(17-19-34)20-28(35)32-27-7-3-5-21-4-1-2-6-26(21)27/h1-2,4,6,8-15,27,29H,3,5,7,16-20H2,(H,32,35)/t27-/m1/s1. The first kappa shape index (κ1) is 23.6. The molecule has 182 valence electrons. The molecule has 0 unspecified atom stereocenters. The summed E-state index contributed by atoms with van der Waals surface area (Å²) in [5.74, 6) is -0.486. The second-order valence-electron chi connectivity index (χ2n) is 9.53. The van der Waals surface area contributed by atoms with Gasteiger partial charge >= 0.3 is 0 Å². The van der Waals surface area contributed by atoms with Crippen LogP contribution in [0.15, 0.2) is 72.8 Å². The minimum atomic E-state index is -0.275. The molecule has 2 aliphatic rings. The molecule has 3 aromatic rings. The van der Waals surface area contributed by atoms with Crippen molar-refractivity contribution < 1.29 is 13.6 Å². The Balaban J connectivity index is 1.22. The highest BCUT2D eigenvalue weighted by atomic mass is 19.1. The van der Waals surface area contributed by atoms with Gasteiger partial charge < -0.3 is 5.32 Å². The Labute approximate surface area is 205 Å². The fourth-order valence-corrected chi connectivity index (χ4v) is 5.43. The van der Waals surface area contributed by atoms with Gasteiger partial charge in [0.25, 0.3) is 0 Å². The number of benzene rings is 3. The predicted molar refractivity (Wildman–Crippen MR) is 133 cm³/mol. The second-order valence-corrected chi connectivity index (χ2v) is 9.53. The van der Waals surface area contributed by atoms with Gasteiger partial charge in [0.2, 0.25) is 5.91 Å². The zero-order valence-electron chi connectivity index (χ0n) is 19.8. The number of carbonyl (C=O) groups is 1. The van der Waals surface area contributed by atoms with Gasteiger partial charge in [-0.05, 0) is 65.8 Å². The van der Waals surface area contributed by atoms with Crippen molar-refractivity contribution in [3.63, 3.8) is 0 Å². The minimum Gasteiger partial charge on any atom is -0.348 e. The summed E-state index contributed by atoms with van der Waals surface area (Å²) in [6.45, 7) is 3.42. The molecule has 1 aliphatic carbocycles. The van der Waals surface area contributed by atoms with Gasteiger partial charge in [0, 0.05) is 26.2 Å². The molecule has 1 amide bonds. The quantitative estimate of drug-likeness (QED) is 0.553. The van der Waals surface area contributed by atoms with Crippen molar-refractivity contribution in [1.29, 1.82) is 0 Å². The number of fused-ring (bicyclic) bond motifs is 1. The lowest BCUT2D eigenvalue weighted by Gasteiger charge is -2.39. The Kier molecular flexibility index (Phi) is 7.21. The highest BCUT2D eigenvalue weighted by molar-refractivity contribution is 5.78. The van der Waals surface area contributed by atoms with E-state index in [4.69, 9.17) is 0 Å². The average Bonchev–Trinajstić information content (AvgIpc) is 2.88. The molecule has 1 N–H and O–H groups in total. The van der Waals surface area contributed by atoms with Crippen LogP contribution in [0.2, 0.25) is 0 Å². The van der Waals surface area contributed by atoms with Crippen LogP contribution in [0.25, 0.3) is 0 Å². The van der Waals surface area contributed by atoms with E-state index in [1.165, 1.54) is 35.4 Å². The monoisotopic (exact) mass is 475 g/mol. The first-order valence-corrected chi connectivity index (χ1v) is 12.4. The Bertz CT molecular complexity index is 1100. The van der Waals surface area contributed by atoms with Crippen LogP contribution < -0.4 is 5.32 Å². The third-order valence-electron chi connectivity index (χ3n) is 7.22. The molecular formula is C29H31F2N3O. The van der Waals surface area contributed by atoms with E-state index in [-0.39, 0.29) is 29.6 Å². The van der Waals surface area contributed by atoms with E-state index in [2.05, 4.69) is 33.3 Å². The first-order chi connectivity index (χ1) is 17.1. The molecule has 3 aromatic carbocycles. The highest BCUT2D eigenvalue weighted by Crippen LogP contribution is 2.31. The van der Waals surface area contributed by atoms with Crippen LogP contribution in [0, 0.1) is 11.6 Å². The fraction of sp³-hybridized carbons (Fsp3) is 0.345. The van der Waals surface area contributed by atoms with Crippen molar-refractivity contribution in [2.75, 3.05) is 32.7 Å². The van der Waals surface area contributed by atoms with Gasteiger partial charge in [0.05, 0.1) is 18.6 Å². The van der Waals surface area contributed by atoms with Gasteiger partial charge in [-0.25, -0.2) is 8.78 Å². The Morgan fingerprint density at radius 2 is 1.46 bits per heavy atom. The van der Waals surface area contributed by atoms with Crippen molar-refractivity contribution >= 4 is 5.91 Å². The average molecular weight is 476 g/mol. The number of carbonyl (C=O) groups excluding carboxylic acids is 1. The van der Waals surface area contributed by atoms with E-state index in [0.717, 1.165) is 56.6 Å². The van der Waals surface area contributed by atoms with Crippen molar-refractivity contribution in [3.8, 4) is 0 Å². The zero-order valence-corrected chi connectivity index (χ0v) is 19.8. The molecule has 35 heavy (non-hydrogen) atoms. The smallest absolute Gasteiger partial charge is 0.234 e. The van der Waals surface area contributed by atoms with Crippen LogP contribution in [0.1, 0.15) is 47.2 Å². The number of piperazine rings is 1. The molecular weight excluding hydrogens is 444 g/mol. The molecule has 1 saturated heterocycles. The minimum absolute atomic E-state index is 0.0637. The van der Waals surface area contributed by atoms with Gasteiger partial charge in [-0.3, -0.25) is 14.6 Å². The first-order valence-electron chi connectivity index (χ1n) is 12.4. The van der Waals surface area contributed by atoms with E-state index in [1.807, 2.05) is 6.07 Å². The van der Waals surface area contributed by atoms with Crippen molar-refractivity contribution in [3.05, 3.63) is 107 Å².